The number of alkyl carbamates (subject to hydrolysis) is 1. The Morgan fingerprint density at radius 1 is 1.16 bits per heavy atom. The highest BCUT2D eigenvalue weighted by Crippen LogP contribution is 2.34. The molecular formula is C16H21NO2. The van der Waals surface area contributed by atoms with E-state index >= 15 is 0 Å². The maximum atomic E-state index is 12.0. The Bertz CT molecular complexity index is 463. The van der Waals surface area contributed by atoms with Gasteiger partial charge in [-0.1, -0.05) is 42.5 Å². The first-order valence-electron chi connectivity index (χ1n) is 6.63. The highest BCUT2D eigenvalue weighted by molar-refractivity contribution is 5.69. The molecule has 1 aliphatic carbocycles. The maximum Gasteiger partial charge on any atom is 0.408 e. The van der Waals surface area contributed by atoms with Crippen LogP contribution in [0, 0.1) is 0 Å². The fourth-order valence-corrected chi connectivity index (χ4v) is 2.32. The minimum atomic E-state index is -0.478. The highest BCUT2D eigenvalue weighted by atomic mass is 16.6. The topological polar surface area (TPSA) is 38.3 Å². The first-order valence-corrected chi connectivity index (χ1v) is 6.63. The quantitative estimate of drug-likeness (QED) is 0.821. The van der Waals surface area contributed by atoms with Gasteiger partial charge in [0.15, 0.2) is 0 Å². The second-order valence-electron chi connectivity index (χ2n) is 5.95. The molecule has 1 aliphatic rings. The van der Waals surface area contributed by atoms with E-state index in [9.17, 15) is 4.79 Å². The van der Waals surface area contributed by atoms with Crippen molar-refractivity contribution in [1.82, 2.24) is 5.32 Å². The molecule has 102 valence electrons. The minimum Gasteiger partial charge on any atom is -0.444 e. The van der Waals surface area contributed by atoms with Crippen molar-refractivity contribution in [1.29, 1.82) is 0 Å². The lowest BCUT2D eigenvalue weighted by molar-refractivity contribution is 0.0457. The lowest BCUT2D eigenvalue weighted by Gasteiger charge is -2.32. The number of rotatable bonds is 2. The van der Waals surface area contributed by atoms with Gasteiger partial charge in [-0.3, -0.25) is 0 Å². The molecule has 0 aromatic heterocycles. The molecule has 2 rings (SSSR count). The van der Waals surface area contributed by atoms with Gasteiger partial charge >= 0.3 is 6.09 Å². The summed E-state index contributed by atoms with van der Waals surface area (Å²) in [6.07, 6.45) is 5.45. The maximum absolute atomic E-state index is 12.0. The average Bonchev–Trinajstić information content (AvgIpc) is 2.77. The van der Waals surface area contributed by atoms with Gasteiger partial charge in [0.25, 0.3) is 0 Å². The van der Waals surface area contributed by atoms with Gasteiger partial charge in [0.05, 0.1) is 5.54 Å². The summed E-state index contributed by atoms with van der Waals surface area (Å²) >= 11 is 0. The van der Waals surface area contributed by atoms with Crippen LogP contribution in [0.2, 0.25) is 0 Å². The van der Waals surface area contributed by atoms with Gasteiger partial charge in [0.1, 0.15) is 5.60 Å². The van der Waals surface area contributed by atoms with Crippen LogP contribution in [0.15, 0.2) is 42.5 Å². The number of ether oxygens (including phenoxy) is 1. The molecule has 3 nitrogen and oxygen atoms in total. The van der Waals surface area contributed by atoms with Crippen LogP contribution in [0.4, 0.5) is 4.79 Å². The molecule has 1 N–H and O–H groups in total. The molecule has 0 radical (unpaired) electrons. The van der Waals surface area contributed by atoms with Crippen molar-refractivity contribution in [2.75, 3.05) is 0 Å². The molecule has 0 bridgehead atoms. The van der Waals surface area contributed by atoms with E-state index in [-0.39, 0.29) is 11.6 Å². The van der Waals surface area contributed by atoms with Crippen molar-refractivity contribution in [3.8, 4) is 0 Å². The highest BCUT2D eigenvalue weighted by Gasteiger charge is 2.35. The van der Waals surface area contributed by atoms with Crippen molar-refractivity contribution in [3.05, 3.63) is 48.0 Å². The van der Waals surface area contributed by atoms with E-state index in [4.69, 9.17) is 4.74 Å². The number of hydrogen-bond donors (Lipinski definition) is 1. The van der Waals surface area contributed by atoms with Crippen LogP contribution < -0.4 is 5.32 Å². The molecule has 0 atom stereocenters. The number of carbonyl (C=O) groups excluding carboxylic acids is 1. The van der Waals surface area contributed by atoms with Gasteiger partial charge in [-0.25, -0.2) is 4.79 Å². The molecule has 0 saturated carbocycles. The second-order valence-corrected chi connectivity index (χ2v) is 5.95. The van der Waals surface area contributed by atoms with Crippen LogP contribution in [0.3, 0.4) is 0 Å². The standard InChI is InChI=1S/C16H21NO2/c1-15(2,3)19-14(18)17-16(11-7-8-12-16)13-9-5-4-6-10-13/h4-10H,11-12H2,1-3H3,(H,17,18). The Morgan fingerprint density at radius 3 is 2.26 bits per heavy atom. The summed E-state index contributed by atoms with van der Waals surface area (Å²) in [6.45, 7) is 5.61. The van der Waals surface area contributed by atoms with Crippen LogP contribution >= 0.6 is 0 Å². The fraction of sp³-hybridized carbons (Fsp3) is 0.438. The molecular weight excluding hydrogens is 238 g/mol. The van der Waals surface area contributed by atoms with Crippen LogP contribution in [0.25, 0.3) is 0 Å². The molecule has 1 aromatic carbocycles. The monoisotopic (exact) mass is 259 g/mol. The van der Waals surface area contributed by atoms with Crippen LogP contribution in [0.1, 0.15) is 39.2 Å². The number of nitrogens with one attached hydrogen (secondary N) is 1. The van der Waals surface area contributed by atoms with Gasteiger partial charge < -0.3 is 10.1 Å². The largest absolute Gasteiger partial charge is 0.444 e. The molecule has 1 amide bonds. The third-order valence-electron chi connectivity index (χ3n) is 3.17. The predicted octanol–water partition coefficient (Wildman–Crippen LogP) is 3.76. The molecule has 0 spiro atoms. The van der Waals surface area contributed by atoms with E-state index in [1.807, 2.05) is 51.1 Å². The van der Waals surface area contributed by atoms with Gasteiger partial charge in [-0.15, -0.1) is 0 Å². The molecule has 3 heteroatoms. The zero-order valence-corrected chi connectivity index (χ0v) is 11.8. The summed E-state index contributed by atoms with van der Waals surface area (Å²) in [4.78, 5) is 12.0. The lowest BCUT2D eigenvalue weighted by atomic mass is 9.87. The molecule has 19 heavy (non-hydrogen) atoms. The fourth-order valence-electron chi connectivity index (χ4n) is 2.32. The van der Waals surface area contributed by atoms with Crippen LogP contribution in [-0.2, 0) is 10.3 Å². The molecule has 0 aliphatic heterocycles. The predicted molar refractivity (Wildman–Crippen MR) is 75.9 cm³/mol. The van der Waals surface area contributed by atoms with E-state index in [2.05, 4.69) is 17.5 Å². The molecule has 0 heterocycles. The van der Waals surface area contributed by atoms with Gasteiger partial charge in [0, 0.05) is 0 Å². The van der Waals surface area contributed by atoms with Crippen molar-refractivity contribution >= 4 is 6.09 Å². The summed E-state index contributed by atoms with van der Waals surface area (Å²) in [5, 5.41) is 3.04. The van der Waals surface area contributed by atoms with E-state index < -0.39 is 5.60 Å². The average molecular weight is 259 g/mol. The first-order chi connectivity index (χ1) is 8.91. The summed E-state index contributed by atoms with van der Waals surface area (Å²) in [7, 11) is 0. The van der Waals surface area contributed by atoms with Crippen LogP contribution in [-0.4, -0.2) is 11.7 Å². The third kappa shape index (κ3) is 3.37. The molecule has 1 aromatic rings. The van der Waals surface area contributed by atoms with E-state index in [1.165, 1.54) is 0 Å². The SMILES string of the molecule is CC(C)(C)OC(=O)NC1(c2ccccc2)CC=CC1. The zero-order chi connectivity index (χ0) is 13.9. The summed E-state index contributed by atoms with van der Waals surface area (Å²) in [5.74, 6) is 0. The smallest absolute Gasteiger partial charge is 0.408 e. The molecule has 0 saturated heterocycles. The van der Waals surface area contributed by atoms with E-state index in [1.54, 1.807) is 0 Å². The van der Waals surface area contributed by atoms with Crippen molar-refractivity contribution < 1.29 is 9.53 Å². The Kier molecular flexibility index (Phi) is 3.65. The molecule has 0 unspecified atom stereocenters. The number of hydrogen-bond acceptors (Lipinski definition) is 2. The number of carbonyl (C=O) groups is 1. The van der Waals surface area contributed by atoms with Gasteiger partial charge in [-0.2, -0.15) is 0 Å². The third-order valence-corrected chi connectivity index (χ3v) is 3.17. The van der Waals surface area contributed by atoms with Gasteiger partial charge in [-0.05, 0) is 39.2 Å². The number of benzene rings is 1. The van der Waals surface area contributed by atoms with Crippen LogP contribution in [0.5, 0.6) is 0 Å². The number of amides is 1. The zero-order valence-electron chi connectivity index (χ0n) is 11.8. The Balaban J connectivity index is 2.16. The normalized spacial score (nSPS) is 17.2. The van der Waals surface area contributed by atoms with E-state index in [0.29, 0.717) is 0 Å². The van der Waals surface area contributed by atoms with Gasteiger partial charge in [0.2, 0.25) is 0 Å². The van der Waals surface area contributed by atoms with Crippen molar-refractivity contribution in [2.24, 2.45) is 0 Å². The summed E-state index contributed by atoms with van der Waals surface area (Å²) in [5.41, 5.74) is 0.281. The first kappa shape index (κ1) is 13.7. The summed E-state index contributed by atoms with van der Waals surface area (Å²) in [6, 6.07) is 10.1. The second kappa shape index (κ2) is 5.08. The Labute approximate surface area is 114 Å². The Morgan fingerprint density at radius 2 is 1.74 bits per heavy atom. The lowest BCUT2D eigenvalue weighted by Crippen LogP contribution is -2.46. The summed E-state index contributed by atoms with van der Waals surface area (Å²) < 4.78 is 5.37. The van der Waals surface area contributed by atoms with Crippen molar-refractivity contribution in [3.63, 3.8) is 0 Å². The van der Waals surface area contributed by atoms with Crippen molar-refractivity contribution in [2.45, 2.75) is 44.8 Å². The molecule has 0 fully saturated rings. The Hall–Kier alpha value is -1.77. The van der Waals surface area contributed by atoms with E-state index in [0.717, 1.165) is 18.4 Å². The minimum absolute atomic E-state index is 0.358.